The average molecular weight is 365 g/mol. The first-order chi connectivity index (χ1) is 13.2. The van der Waals surface area contributed by atoms with Crippen molar-refractivity contribution >= 4 is 11.6 Å². The molecule has 7 nitrogen and oxygen atoms in total. The summed E-state index contributed by atoms with van der Waals surface area (Å²) < 4.78 is 7.45. The number of nitrogens with two attached hydrogens (primary N) is 1. The summed E-state index contributed by atoms with van der Waals surface area (Å²) in [6.07, 6.45) is 5.90. The predicted octanol–water partition coefficient (Wildman–Crippen LogP) is 3.28. The molecule has 1 aliphatic rings. The molecule has 0 saturated carbocycles. The van der Waals surface area contributed by atoms with E-state index in [1.54, 1.807) is 6.07 Å². The Labute approximate surface area is 157 Å². The number of fused-ring (bicyclic) bond motifs is 1. The van der Waals surface area contributed by atoms with Gasteiger partial charge in [-0.25, -0.2) is 0 Å². The number of carbonyl (C=O) groups excluding carboxylic acids is 1. The van der Waals surface area contributed by atoms with Crippen LogP contribution in [-0.2, 0) is 19.5 Å². The summed E-state index contributed by atoms with van der Waals surface area (Å²) in [4.78, 5) is 12.5. The van der Waals surface area contributed by atoms with Gasteiger partial charge in [-0.2, -0.15) is 0 Å². The van der Waals surface area contributed by atoms with Crippen molar-refractivity contribution in [1.29, 1.82) is 0 Å². The Morgan fingerprint density at radius 1 is 1.26 bits per heavy atom. The fraction of sp³-hybridized carbons (Fsp3) is 0.350. The van der Waals surface area contributed by atoms with Gasteiger partial charge in [0, 0.05) is 24.2 Å². The molecule has 1 aromatic carbocycles. The quantitative estimate of drug-likeness (QED) is 0.739. The van der Waals surface area contributed by atoms with Crippen LogP contribution in [0.3, 0.4) is 0 Å². The van der Waals surface area contributed by atoms with Crippen LogP contribution in [0.15, 0.2) is 34.9 Å². The van der Waals surface area contributed by atoms with Crippen LogP contribution in [0.1, 0.15) is 46.8 Å². The van der Waals surface area contributed by atoms with E-state index in [0.717, 1.165) is 54.3 Å². The molecule has 4 rings (SSSR count). The van der Waals surface area contributed by atoms with Crippen LogP contribution in [0.25, 0.3) is 11.4 Å². The lowest BCUT2D eigenvalue weighted by molar-refractivity contribution is 0.102. The minimum atomic E-state index is -0.223. The van der Waals surface area contributed by atoms with E-state index < -0.39 is 0 Å². The molecule has 3 aromatic rings. The summed E-state index contributed by atoms with van der Waals surface area (Å²) in [6.45, 7) is 3.16. The van der Waals surface area contributed by atoms with Gasteiger partial charge in [0.1, 0.15) is 17.8 Å². The van der Waals surface area contributed by atoms with Crippen molar-refractivity contribution in [2.45, 2.75) is 45.7 Å². The second-order valence-corrected chi connectivity index (χ2v) is 6.89. The topological polar surface area (TPSA) is 99.0 Å². The number of aromatic nitrogens is 3. The van der Waals surface area contributed by atoms with Crippen LogP contribution in [-0.4, -0.2) is 20.7 Å². The Bertz CT molecular complexity index is 973. The van der Waals surface area contributed by atoms with Gasteiger partial charge in [0.15, 0.2) is 5.82 Å². The molecule has 0 aliphatic carbocycles. The van der Waals surface area contributed by atoms with Crippen molar-refractivity contribution in [3.05, 3.63) is 53.2 Å². The molecule has 140 valence electrons. The van der Waals surface area contributed by atoms with Crippen molar-refractivity contribution in [2.75, 3.05) is 5.32 Å². The third kappa shape index (κ3) is 3.50. The molecule has 0 bridgehead atoms. The maximum absolute atomic E-state index is 12.5. The van der Waals surface area contributed by atoms with Gasteiger partial charge in [-0.15, -0.1) is 10.2 Å². The summed E-state index contributed by atoms with van der Waals surface area (Å²) in [5, 5.41) is 11.7. The third-order valence-corrected chi connectivity index (χ3v) is 4.97. The van der Waals surface area contributed by atoms with Gasteiger partial charge in [0.2, 0.25) is 0 Å². The highest BCUT2D eigenvalue weighted by atomic mass is 16.3. The number of benzene rings is 1. The molecule has 0 saturated heterocycles. The van der Waals surface area contributed by atoms with Crippen LogP contribution in [0, 0.1) is 6.92 Å². The lowest BCUT2D eigenvalue weighted by Crippen LogP contribution is -2.12. The summed E-state index contributed by atoms with van der Waals surface area (Å²) in [6, 6.07) is 7.63. The average Bonchev–Trinajstić information content (AvgIpc) is 3.25. The molecule has 2 aromatic heterocycles. The number of nitrogens with zero attached hydrogens (tertiary/aromatic N) is 3. The van der Waals surface area contributed by atoms with Gasteiger partial charge in [-0.05, 0) is 37.5 Å². The molecule has 7 heteroatoms. The van der Waals surface area contributed by atoms with E-state index in [1.807, 2.05) is 25.1 Å². The highest BCUT2D eigenvalue weighted by molar-refractivity contribution is 6.04. The fourth-order valence-electron chi connectivity index (χ4n) is 3.40. The molecular formula is C20H23N5O2. The van der Waals surface area contributed by atoms with Crippen molar-refractivity contribution in [2.24, 2.45) is 5.73 Å². The SMILES string of the molecule is Cc1ccc(-c2nnc3n2CCCCC3)cc1NC(=O)c1coc(CN)c1. The van der Waals surface area contributed by atoms with Crippen molar-refractivity contribution < 1.29 is 9.21 Å². The molecule has 0 atom stereocenters. The predicted molar refractivity (Wildman–Crippen MR) is 102 cm³/mol. The minimum Gasteiger partial charge on any atom is -0.467 e. The zero-order valence-electron chi connectivity index (χ0n) is 15.4. The Morgan fingerprint density at radius 2 is 2.15 bits per heavy atom. The van der Waals surface area contributed by atoms with Crippen molar-refractivity contribution in [1.82, 2.24) is 14.8 Å². The molecule has 1 amide bonds. The van der Waals surface area contributed by atoms with Gasteiger partial charge in [0.25, 0.3) is 5.91 Å². The molecule has 0 radical (unpaired) electrons. The highest BCUT2D eigenvalue weighted by Gasteiger charge is 2.17. The van der Waals surface area contributed by atoms with Gasteiger partial charge >= 0.3 is 0 Å². The number of amides is 1. The normalized spacial score (nSPS) is 13.9. The number of carbonyl (C=O) groups is 1. The Kier molecular flexibility index (Phi) is 4.77. The smallest absolute Gasteiger partial charge is 0.258 e. The Morgan fingerprint density at radius 3 is 2.96 bits per heavy atom. The summed E-state index contributed by atoms with van der Waals surface area (Å²) in [7, 11) is 0. The van der Waals surface area contributed by atoms with Crippen LogP contribution < -0.4 is 11.1 Å². The molecule has 0 unspecified atom stereocenters. The van der Waals surface area contributed by atoms with Crippen molar-refractivity contribution in [3.8, 4) is 11.4 Å². The fourth-order valence-corrected chi connectivity index (χ4v) is 3.40. The zero-order chi connectivity index (χ0) is 18.8. The van der Waals surface area contributed by atoms with E-state index in [4.69, 9.17) is 10.2 Å². The molecule has 1 aliphatic heterocycles. The van der Waals surface area contributed by atoms with E-state index >= 15 is 0 Å². The first kappa shape index (κ1) is 17.5. The third-order valence-electron chi connectivity index (χ3n) is 4.97. The van der Waals surface area contributed by atoms with E-state index in [-0.39, 0.29) is 12.5 Å². The van der Waals surface area contributed by atoms with Gasteiger partial charge < -0.3 is 20.0 Å². The highest BCUT2D eigenvalue weighted by Crippen LogP contribution is 2.27. The maximum atomic E-state index is 12.5. The van der Waals surface area contributed by atoms with Crippen LogP contribution in [0.4, 0.5) is 5.69 Å². The Balaban J connectivity index is 1.62. The monoisotopic (exact) mass is 365 g/mol. The number of anilines is 1. The van der Waals surface area contributed by atoms with E-state index in [2.05, 4.69) is 20.1 Å². The molecule has 3 N–H and O–H groups in total. The Hall–Kier alpha value is -2.93. The first-order valence-corrected chi connectivity index (χ1v) is 9.27. The lowest BCUT2D eigenvalue weighted by Gasteiger charge is -2.11. The van der Waals surface area contributed by atoms with E-state index in [9.17, 15) is 4.79 Å². The second-order valence-electron chi connectivity index (χ2n) is 6.89. The molecule has 0 spiro atoms. The first-order valence-electron chi connectivity index (χ1n) is 9.27. The molecule has 27 heavy (non-hydrogen) atoms. The maximum Gasteiger partial charge on any atom is 0.258 e. The number of furan rings is 1. The van der Waals surface area contributed by atoms with E-state index in [1.165, 1.54) is 12.7 Å². The largest absolute Gasteiger partial charge is 0.467 e. The summed E-state index contributed by atoms with van der Waals surface area (Å²) in [5.41, 5.74) is 8.67. The number of rotatable bonds is 4. The summed E-state index contributed by atoms with van der Waals surface area (Å²) >= 11 is 0. The van der Waals surface area contributed by atoms with Crippen LogP contribution >= 0.6 is 0 Å². The minimum absolute atomic E-state index is 0.223. The standard InChI is InChI=1S/C20H23N5O2/c1-13-6-7-14(19-24-23-18-5-3-2-4-8-25(18)19)10-17(13)22-20(26)15-9-16(11-21)27-12-15/h6-7,9-10,12H,2-5,8,11,21H2,1H3,(H,22,26). The van der Waals surface area contributed by atoms with Gasteiger partial charge in [-0.1, -0.05) is 18.6 Å². The van der Waals surface area contributed by atoms with E-state index in [0.29, 0.717) is 11.3 Å². The molecular weight excluding hydrogens is 342 g/mol. The lowest BCUT2D eigenvalue weighted by atomic mass is 10.1. The zero-order valence-corrected chi connectivity index (χ0v) is 15.4. The molecule has 0 fully saturated rings. The van der Waals surface area contributed by atoms with Crippen molar-refractivity contribution in [3.63, 3.8) is 0 Å². The van der Waals surface area contributed by atoms with Gasteiger partial charge in [0.05, 0.1) is 12.1 Å². The van der Waals surface area contributed by atoms with Crippen LogP contribution in [0.5, 0.6) is 0 Å². The van der Waals surface area contributed by atoms with Gasteiger partial charge in [-0.3, -0.25) is 4.79 Å². The van der Waals surface area contributed by atoms with Crippen LogP contribution in [0.2, 0.25) is 0 Å². The summed E-state index contributed by atoms with van der Waals surface area (Å²) in [5.74, 6) is 2.26. The second kappa shape index (κ2) is 7.36. The number of nitrogens with one attached hydrogen (secondary N) is 1. The number of hydrogen-bond acceptors (Lipinski definition) is 5. The number of hydrogen-bond donors (Lipinski definition) is 2. The molecule has 3 heterocycles. The number of aryl methyl sites for hydroxylation is 2.